The van der Waals surface area contributed by atoms with Crippen molar-refractivity contribution >= 4 is 8.25 Å². The highest BCUT2D eigenvalue weighted by molar-refractivity contribution is 7.30. The Kier molecular flexibility index (Phi) is 3.44. The van der Waals surface area contributed by atoms with Crippen LogP contribution < -0.4 is 0 Å². The van der Waals surface area contributed by atoms with Crippen molar-refractivity contribution in [3.8, 4) is 0 Å². The summed E-state index contributed by atoms with van der Waals surface area (Å²) in [6.45, 7) is 2.01. The largest absolute Gasteiger partial charge is 0.692 e. The van der Waals surface area contributed by atoms with Crippen LogP contribution >= 0.6 is 8.25 Å². The maximum atomic E-state index is 8.70. The molecule has 1 saturated heterocycles. The van der Waals surface area contributed by atoms with E-state index in [-0.39, 0.29) is 6.10 Å². The van der Waals surface area contributed by atoms with Crippen molar-refractivity contribution in [2.75, 3.05) is 0 Å². The number of nitrogens with one attached hydrogen (secondary N) is 1. The molecule has 7 nitrogen and oxygen atoms in total. The maximum Gasteiger partial charge on any atom is 0.692 e. The SMILES string of the molecule is CC1OC1c1ncn[nH]1.O=[P+](O)O. The van der Waals surface area contributed by atoms with Crippen LogP contribution in [0.3, 0.4) is 0 Å². The molecule has 1 aliphatic rings. The fourth-order valence-electron chi connectivity index (χ4n) is 0.825. The molecule has 2 atom stereocenters. The van der Waals surface area contributed by atoms with Crippen molar-refractivity contribution in [2.24, 2.45) is 0 Å². The number of H-pyrrole nitrogens is 1. The second kappa shape index (κ2) is 4.38. The number of epoxide rings is 1. The number of ether oxygens (including phenoxy) is 1. The molecule has 0 bridgehead atoms. The minimum atomic E-state index is -2.87. The normalized spacial score (nSPS) is 24.5. The van der Waals surface area contributed by atoms with Gasteiger partial charge in [0.15, 0.2) is 5.82 Å². The summed E-state index contributed by atoms with van der Waals surface area (Å²) in [5.74, 6) is 0.836. The smallest absolute Gasteiger partial charge is 0.361 e. The molecule has 2 rings (SSSR count). The molecule has 0 spiro atoms. The Balaban J connectivity index is 0.000000184. The third-order valence-electron chi connectivity index (χ3n) is 1.41. The Labute approximate surface area is 74.7 Å². The van der Waals surface area contributed by atoms with Crippen LogP contribution in [0.15, 0.2) is 6.33 Å². The topological polar surface area (TPSA) is 112 Å². The highest BCUT2D eigenvalue weighted by Crippen LogP contribution is 2.35. The summed E-state index contributed by atoms with van der Waals surface area (Å²) < 4.78 is 13.8. The van der Waals surface area contributed by atoms with E-state index in [1.807, 2.05) is 6.92 Å². The number of aromatic nitrogens is 3. The lowest BCUT2D eigenvalue weighted by molar-refractivity contribution is 0.377. The summed E-state index contributed by atoms with van der Waals surface area (Å²) in [7, 11) is -2.87. The lowest BCUT2D eigenvalue weighted by Crippen LogP contribution is -1.85. The molecular formula is C5H9N3O4P+. The Morgan fingerprint density at radius 1 is 1.69 bits per heavy atom. The molecular weight excluding hydrogens is 197 g/mol. The number of nitrogens with zero attached hydrogens (tertiary/aromatic N) is 2. The van der Waals surface area contributed by atoms with Crippen LogP contribution in [-0.2, 0) is 9.30 Å². The molecule has 1 aromatic heterocycles. The van der Waals surface area contributed by atoms with Gasteiger partial charge in [-0.25, -0.2) is 4.98 Å². The third kappa shape index (κ3) is 3.56. The summed E-state index contributed by atoms with van der Waals surface area (Å²) in [5, 5.41) is 6.45. The molecule has 2 heterocycles. The minimum Gasteiger partial charge on any atom is -0.361 e. The molecule has 72 valence electrons. The molecule has 0 aliphatic carbocycles. The zero-order valence-electron chi connectivity index (χ0n) is 6.78. The van der Waals surface area contributed by atoms with Crippen LogP contribution in [0.25, 0.3) is 0 Å². The van der Waals surface area contributed by atoms with Gasteiger partial charge in [0.2, 0.25) is 0 Å². The average molecular weight is 206 g/mol. The van der Waals surface area contributed by atoms with Gasteiger partial charge in [-0.3, -0.25) is 5.10 Å². The van der Waals surface area contributed by atoms with E-state index in [9.17, 15) is 0 Å². The van der Waals surface area contributed by atoms with E-state index in [0.29, 0.717) is 6.10 Å². The fraction of sp³-hybridized carbons (Fsp3) is 0.600. The standard InChI is InChI=1S/C5H7N3O.HO3P/c1-3-4(9-3)5-6-2-7-8-5;1-4(2)3/h2-4H,1H3,(H,6,7,8);(H-,1,2,3)/p+1. The van der Waals surface area contributed by atoms with Gasteiger partial charge in [0, 0.05) is 4.57 Å². The molecule has 1 fully saturated rings. The molecule has 8 heteroatoms. The monoisotopic (exact) mass is 206 g/mol. The Hall–Kier alpha value is -0.880. The summed E-state index contributed by atoms with van der Waals surface area (Å²) >= 11 is 0. The van der Waals surface area contributed by atoms with Crippen molar-refractivity contribution in [3.63, 3.8) is 0 Å². The molecule has 0 amide bonds. The van der Waals surface area contributed by atoms with Crippen molar-refractivity contribution < 1.29 is 19.1 Å². The number of hydrogen-bond donors (Lipinski definition) is 3. The molecule has 1 aliphatic heterocycles. The molecule has 3 N–H and O–H groups in total. The second-order valence-electron chi connectivity index (χ2n) is 2.39. The van der Waals surface area contributed by atoms with E-state index in [1.54, 1.807) is 0 Å². The summed E-state index contributed by atoms with van der Waals surface area (Å²) in [4.78, 5) is 18.2. The highest BCUT2D eigenvalue weighted by Gasteiger charge is 2.38. The first-order valence-corrected chi connectivity index (χ1v) is 4.63. The molecule has 1 aromatic rings. The van der Waals surface area contributed by atoms with E-state index in [0.717, 1.165) is 5.82 Å². The van der Waals surface area contributed by atoms with E-state index in [1.165, 1.54) is 6.33 Å². The second-order valence-corrected chi connectivity index (χ2v) is 2.89. The van der Waals surface area contributed by atoms with Gasteiger partial charge in [0.1, 0.15) is 12.4 Å². The average Bonchev–Trinajstić information content (AvgIpc) is 2.57. The molecule has 0 radical (unpaired) electrons. The molecule has 0 saturated carbocycles. The van der Waals surface area contributed by atoms with Crippen LogP contribution in [0.4, 0.5) is 0 Å². The molecule has 2 unspecified atom stereocenters. The summed E-state index contributed by atoms with van der Waals surface area (Å²) in [6, 6.07) is 0. The van der Waals surface area contributed by atoms with Crippen LogP contribution in [-0.4, -0.2) is 31.1 Å². The van der Waals surface area contributed by atoms with E-state index in [4.69, 9.17) is 19.1 Å². The number of rotatable bonds is 1. The Morgan fingerprint density at radius 2 is 2.23 bits per heavy atom. The van der Waals surface area contributed by atoms with Gasteiger partial charge < -0.3 is 4.74 Å². The van der Waals surface area contributed by atoms with Gasteiger partial charge in [-0.2, -0.15) is 5.10 Å². The van der Waals surface area contributed by atoms with Crippen molar-refractivity contribution in [1.82, 2.24) is 15.2 Å². The quantitative estimate of drug-likeness (QED) is 0.436. The number of aromatic amines is 1. The van der Waals surface area contributed by atoms with E-state index < -0.39 is 8.25 Å². The zero-order valence-corrected chi connectivity index (χ0v) is 7.68. The Morgan fingerprint density at radius 3 is 2.54 bits per heavy atom. The maximum absolute atomic E-state index is 8.70. The van der Waals surface area contributed by atoms with Crippen molar-refractivity contribution in [3.05, 3.63) is 12.2 Å². The summed E-state index contributed by atoms with van der Waals surface area (Å²) in [6.07, 6.45) is 1.98. The lowest BCUT2D eigenvalue weighted by atomic mass is 10.3. The van der Waals surface area contributed by atoms with Crippen LogP contribution in [0.5, 0.6) is 0 Å². The third-order valence-corrected chi connectivity index (χ3v) is 1.41. The van der Waals surface area contributed by atoms with Crippen LogP contribution in [0.2, 0.25) is 0 Å². The van der Waals surface area contributed by atoms with Crippen LogP contribution in [0, 0.1) is 0 Å². The first-order valence-electron chi connectivity index (χ1n) is 3.47. The highest BCUT2D eigenvalue weighted by atomic mass is 31.1. The Bertz CT molecular complexity index is 273. The predicted molar refractivity (Wildman–Crippen MR) is 41.7 cm³/mol. The first-order chi connectivity index (χ1) is 6.11. The van der Waals surface area contributed by atoms with Gasteiger partial charge in [0.25, 0.3) is 0 Å². The van der Waals surface area contributed by atoms with Crippen molar-refractivity contribution in [2.45, 2.75) is 19.1 Å². The van der Waals surface area contributed by atoms with Gasteiger partial charge in [0.05, 0.1) is 6.10 Å². The lowest BCUT2D eigenvalue weighted by Gasteiger charge is -1.79. The molecule has 0 aromatic carbocycles. The molecule has 13 heavy (non-hydrogen) atoms. The first kappa shape index (κ1) is 10.2. The van der Waals surface area contributed by atoms with E-state index >= 15 is 0 Å². The van der Waals surface area contributed by atoms with Gasteiger partial charge in [-0.15, -0.1) is 9.79 Å². The van der Waals surface area contributed by atoms with E-state index in [2.05, 4.69) is 15.2 Å². The number of hydrogen-bond acceptors (Lipinski definition) is 4. The zero-order chi connectivity index (χ0) is 9.84. The fourth-order valence-corrected chi connectivity index (χ4v) is 0.825. The summed E-state index contributed by atoms with van der Waals surface area (Å²) in [5.41, 5.74) is 0. The van der Waals surface area contributed by atoms with Gasteiger partial charge in [-0.05, 0) is 6.92 Å². The minimum absolute atomic E-state index is 0.174. The van der Waals surface area contributed by atoms with Gasteiger partial charge >= 0.3 is 8.25 Å². The van der Waals surface area contributed by atoms with Crippen molar-refractivity contribution in [1.29, 1.82) is 0 Å². The predicted octanol–water partition coefficient (Wildman–Crippen LogP) is -0.107. The van der Waals surface area contributed by atoms with Gasteiger partial charge in [-0.1, -0.05) is 0 Å². The van der Waals surface area contributed by atoms with Crippen LogP contribution in [0.1, 0.15) is 18.9 Å².